The van der Waals surface area contributed by atoms with Gasteiger partial charge >= 0.3 is 0 Å². The smallest absolute Gasteiger partial charge is 0.189 e. The predicted molar refractivity (Wildman–Crippen MR) is 105 cm³/mol. The number of hydrogen-bond acceptors (Lipinski definition) is 7. The Bertz CT molecular complexity index is 809. The van der Waals surface area contributed by atoms with Crippen LogP contribution < -0.4 is 20.9 Å². The third-order valence-corrected chi connectivity index (χ3v) is 5.03. The Kier molecular flexibility index (Phi) is 4.39. The van der Waals surface area contributed by atoms with Gasteiger partial charge < -0.3 is 20.9 Å². The summed E-state index contributed by atoms with van der Waals surface area (Å²) in [6.45, 7) is 3.95. The average molecular weight is 352 g/mol. The van der Waals surface area contributed by atoms with Gasteiger partial charge in [-0.15, -0.1) is 11.3 Å². The molecule has 0 saturated carbocycles. The minimum atomic E-state index is 0.551. The molecule has 7 heteroatoms. The summed E-state index contributed by atoms with van der Waals surface area (Å²) in [7, 11) is 0. The zero-order valence-corrected chi connectivity index (χ0v) is 14.6. The topological polar surface area (TPSA) is 70.3 Å². The van der Waals surface area contributed by atoms with Gasteiger partial charge in [-0.3, -0.25) is 0 Å². The molecule has 6 nitrogen and oxygen atoms in total. The average Bonchev–Trinajstić information content (AvgIpc) is 3.08. The fourth-order valence-electron chi connectivity index (χ4n) is 2.96. The lowest BCUT2D eigenvalue weighted by Gasteiger charge is -2.36. The lowest BCUT2D eigenvalue weighted by Crippen LogP contribution is -2.46. The number of aromatic nitrogens is 2. The molecule has 1 saturated heterocycles. The van der Waals surface area contributed by atoms with E-state index < -0.39 is 0 Å². The number of thiazole rings is 1. The number of benzene rings is 1. The second kappa shape index (κ2) is 6.98. The van der Waals surface area contributed by atoms with Crippen LogP contribution in [0.25, 0.3) is 0 Å². The highest BCUT2D eigenvalue weighted by molar-refractivity contribution is 7.14. The Morgan fingerprint density at radius 1 is 0.960 bits per heavy atom. The van der Waals surface area contributed by atoms with E-state index in [0.717, 1.165) is 42.8 Å². The quantitative estimate of drug-likeness (QED) is 0.751. The van der Waals surface area contributed by atoms with Crippen molar-refractivity contribution in [3.8, 4) is 0 Å². The Morgan fingerprint density at radius 2 is 1.72 bits per heavy atom. The molecule has 4 rings (SSSR count). The lowest BCUT2D eigenvalue weighted by molar-refractivity contribution is 0.647. The van der Waals surface area contributed by atoms with Gasteiger partial charge in [-0.25, -0.2) is 9.97 Å². The number of nitrogen functional groups attached to an aromatic ring is 1. The zero-order chi connectivity index (χ0) is 17.1. The lowest BCUT2D eigenvalue weighted by atomic mass is 10.2. The first-order valence-electron chi connectivity index (χ1n) is 8.27. The second-order valence-electron chi connectivity index (χ2n) is 5.91. The molecule has 3 N–H and O–H groups in total. The van der Waals surface area contributed by atoms with Crippen LogP contribution >= 0.6 is 11.3 Å². The Hall–Kier alpha value is -2.80. The third kappa shape index (κ3) is 3.66. The highest BCUT2D eigenvalue weighted by atomic mass is 32.1. The molecule has 0 radical (unpaired) electrons. The molecule has 2 aromatic heterocycles. The van der Waals surface area contributed by atoms with Crippen molar-refractivity contribution in [1.82, 2.24) is 9.97 Å². The van der Waals surface area contributed by atoms with E-state index in [1.807, 2.05) is 23.7 Å². The van der Waals surface area contributed by atoms with Gasteiger partial charge in [0, 0.05) is 49.1 Å². The molecule has 128 valence electrons. The van der Waals surface area contributed by atoms with Crippen molar-refractivity contribution in [2.45, 2.75) is 0 Å². The van der Waals surface area contributed by atoms with Gasteiger partial charge in [0.1, 0.15) is 11.6 Å². The monoisotopic (exact) mass is 352 g/mol. The number of nitrogens with zero attached hydrogens (tertiary/aromatic N) is 4. The van der Waals surface area contributed by atoms with Gasteiger partial charge in [0.15, 0.2) is 5.13 Å². The minimum Gasteiger partial charge on any atom is -0.383 e. The SMILES string of the molecule is Nc1csc(Nc2ccc(N3CCN(c4ccccn4)CC3)cc2)n1. The summed E-state index contributed by atoms with van der Waals surface area (Å²) in [5.41, 5.74) is 7.91. The van der Waals surface area contributed by atoms with E-state index in [1.54, 1.807) is 0 Å². The molecule has 1 fully saturated rings. The summed E-state index contributed by atoms with van der Waals surface area (Å²) in [6, 6.07) is 14.5. The molecule has 0 bridgehead atoms. The van der Waals surface area contributed by atoms with Crippen molar-refractivity contribution < 1.29 is 0 Å². The van der Waals surface area contributed by atoms with Gasteiger partial charge in [-0.05, 0) is 36.4 Å². The number of pyridine rings is 1. The maximum Gasteiger partial charge on any atom is 0.189 e. The molecular formula is C18H20N6S. The van der Waals surface area contributed by atoms with E-state index in [0.29, 0.717) is 5.82 Å². The number of anilines is 5. The van der Waals surface area contributed by atoms with Crippen molar-refractivity contribution in [2.75, 3.05) is 47.0 Å². The molecular weight excluding hydrogens is 332 g/mol. The maximum absolute atomic E-state index is 5.65. The van der Waals surface area contributed by atoms with Crippen LogP contribution in [0.2, 0.25) is 0 Å². The summed E-state index contributed by atoms with van der Waals surface area (Å²) in [6.07, 6.45) is 1.85. The highest BCUT2D eigenvalue weighted by Crippen LogP contribution is 2.25. The van der Waals surface area contributed by atoms with Crippen molar-refractivity contribution in [1.29, 1.82) is 0 Å². The number of nitrogens with one attached hydrogen (secondary N) is 1. The number of hydrogen-bond donors (Lipinski definition) is 2. The van der Waals surface area contributed by atoms with Gasteiger partial charge in [0.25, 0.3) is 0 Å². The highest BCUT2D eigenvalue weighted by Gasteiger charge is 2.18. The van der Waals surface area contributed by atoms with E-state index in [2.05, 4.69) is 55.4 Å². The molecule has 0 unspecified atom stereocenters. The summed E-state index contributed by atoms with van der Waals surface area (Å²) in [5.74, 6) is 1.61. The minimum absolute atomic E-state index is 0.551. The summed E-state index contributed by atoms with van der Waals surface area (Å²) >= 11 is 1.51. The second-order valence-corrected chi connectivity index (χ2v) is 6.77. The molecule has 25 heavy (non-hydrogen) atoms. The van der Waals surface area contributed by atoms with Crippen LogP contribution in [0, 0.1) is 0 Å². The molecule has 0 spiro atoms. The fourth-order valence-corrected chi connectivity index (χ4v) is 3.58. The van der Waals surface area contributed by atoms with E-state index in [1.165, 1.54) is 17.0 Å². The van der Waals surface area contributed by atoms with Crippen LogP contribution in [0.5, 0.6) is 0 Å². The van der Waals surface area contributed by atoms with Crippen LogP contribution in [-0.4, -0.2) is 36.1 Å². The Labute approximate surface area is 150 Å². The summed E-state index contributed by atoms with van der Waals surface area (Å²) in [5, 5.41) is 5.92. The van der Waals surface area contributed by atoms with Crippen LogP contribution in [0.15, 0.2) is 54.0 Å². The predicted octanol–water partition coefficient (Wildman–Crippen LogP) is 3.19. The first-order chi connectivity index (χ1) is 12.3. The normalized spacial score (nSPS) is 14.6. The summed E-state index contributed by atoms with van der Waals surface area (Å²) < 4.78 is 0. The van der Waals surface area contributed by atoms with Gasteiger partial charge in [-0.2, -0.15) is 0 Å². The Morgan fingerprint density at radius 3 is 2.36 bits per heavy atom. The van der Waals surface area contributed by atoms with Gasteiger partial charge in [0.05, 0.1) is 0 Å². The molecule has 1 aliphatic heterocycles. The Balaban J connectivity index is 1.36. The molecule has 0 aliphatic carbocycles. The van der Waals surface area contributed by atoms with Crippen LogP contribution in [0.4, 0.5) is 28.1 Å². The van der Waals surface area contributed by atoms with E-state index in [-0.39, 0.29) is 0 Å². The molecule has 3 heterocycles. The van der Waals surface area contributed by atoms with Gasteiger partial charge in [-0.1, -0.05) is 6.07 Å². The van der Waals surface area contributed by atoms with Crippen LogP contribution in [0.1, 0.15) is 0 Å². The van der Waals surface area contributed by atoms with E-state index >= 15 is 0 Å². The largest absolute Gasteiger partial charge is 0.383 e. The number of nitrogens with two attached hydrogens (primary N) is 1. The standard InChI is InChI=1S/C18H20N6S/c19-16-13-25-18(22-16)21-14-4-6-15(7-5-14)23-9-11-24(12-10-23)17-3-1-2-8-20-17/h1-8,13H,9-12,19H2,(H,21,22). The molecule has 0 atom stereocenters. The van der Waals surface area contributed by atoms with E-state index in [9.17, 15) is 0 Å². The first-order valence-corrected chi connectivity index (χ1v) is 9.15. The van der Waals surface area contributed by atoms with Crippen LogP contribution in [-0.2, 0) is 0 Å². The molecule has 1 aliphatic rings. The molecule has 1 aromatic carbocycles. The van der Waals surface area contributed by atoms with Crippen molar-refractivity contribution in [3.63, 3.8) is 0 Å². The van der Waals surface area contributed by atoms with Crippen molar-refractivity contribution in [3.05, 3.63) is 54.0 Å². The number of rotatable bonds is 4. The third-order valence-electron chi connectivity index (χ3n) is 4.26. The van der Waals surface area contributed by atoms with Gasteiger partial charge in [0.2, 0.25) is 0 Å². The van der Waals surface area contributed by atoms with E-state index in [4.69, 9.17) is 5.73 Å². The first kappa shape index (κ1) is 15.7. The summed E-state index contributed by atoms with van der Waals surface area (Å²) in [4.78, 5) is 13.4. The van der Waals surface area contributed by atoms with Crippen molar-refractivity contribution in [2.24, 2.45) is 0 Å². The molecule has 3 aromatic rings. The number of piperazine rings is 1. The van der Waals surface area contributed by atoms with Crippen LogP contribution in [0.3, 0.4) is 0 Å². The molecule has 0 amide bonds. The maximum atomic E-state index is 5.65. The zero-order valence-electron chi connectivity index (χ0n) is 13.8. The van der Waals surface area contributed by atoms with Crippen molar-refractivity contribution >= 4 is 39.5 Å². The fraction of sp³-hybridized carbons (Fsp3) is 0.222.